The second-order valence-electron chi connectivity index (χ2n) is 5.00. The summed E-state index contributed by atoms with van der Waals surface area (Å²) >= 11 is 0. The maximum atomic E-state index is 10.6. The summed E-state index contributed by atoms with van der Waals surface area (Å²) < 4.78 is 5.57. The van der Waals surface area contributed by atoms with Gasteiger partial charge in [-0.3, -0.25) is 4.79 Å². The Morgan fingerprint density at radius 2 is 1.89 bits per heavy atom. The van der Waals surface area contributed by atoms with Crippen LogP contribution in [0.2, 0.25) is 0 Å². The van der Waals surface area contributed by atoms with Crippen LogP contribution in [-0.2, 0) is 11.2 Å². The van der Waals surface area contributed by atoms with E-state index in [4.69, 9.17) is 9.84 Å². The van der Waals surface area contributed by atoms with Crippen molar-refractivity contribution < 1.29 is 14.6 Å². The van der Waals surface area contributed by atoms with Gasteiger partial charge in [0.05, 0.1) is 12.0 Å². The van der Waals surface area contributed by atoms with Crippen LogP contribution in [0.5, 0.6) is 5.75 Å². The quantitative estimate of drug-likeness (QED) is 0.708. The van der Waals surface area contributed by atoms with Gasteiger partial charge < -0.3 is 15.2 Å². The van der Waals surface area contributed by atoms with Crippen molar-refractivity contribution in [2.75, 3.05) is 13.1 Å². The van der Waals surface area contributed by atoms with Crippen molar-refractivity contribution in [3.63, 3.8) is 0 Å². The number of hydrogen-bond donors (Lipinski definition) is 2. The van der Waals surface area contributed by atoms with Crippen LogP contribution in [0.1, 0.15) is 26.3 Å². The minimum Gasteiger partial charge on any atom is -0.491 e. The normalized spacial score (nSPS) is 12.4. The van der Waals surface area contributed by atoms with Crippen molar-refractivity contribution >= 4 is 5.97 Å². The van der Waals surface area contributed by atoms with Crippen LogP contribution in [0, 0.1) is 5.92 Å². The summed E-state index contributed by atoms with van der Waals surface area (Å²) in [6, 6.07) is 8.02. The summed E-state index contributed by atoms with van der Waals surface area (Å²) in [5.74, 6) is -0.226. The monoisotopic (exact) mass is 265 g/mol. The molecule has 0 heterocycles. The highest BCUT2D eigenvalue weighted by Gasteiger charge is 2.09. The highest BCUT2D eigenvalue weighted by Crippen LogP contribution is 2.13. The first-order valence-corrected chi connectivity index (χ1v) is 6.68. The molecule has 0 saturated heterocycles. The fourth-order valence-electron chi connectivity index (χ4n) is 1.65. The van der Waals surface area contributed by atoms with Gasteiger partial charge in [-0.2, -0.15) is 0 Å². The Kier molecular flexibility index (Phi) is 6.36. The second kappa shape index (κ2) is 7.79. The summed E-state index contributed by atoms with van der Waals surface area (Å²) in [4.78, 5) is 10.6. The van der Waals surface area contributed by atoms with Crippen LogP contribution in [0.15, 0.2) is 24.3 Å². The molecule has 2 N–H and O–H groups in total. The highest BCUT2D eigenvalue weighted by molar-refractivity contribution is 5.69. The molecule has 0 radical (unpaired) electrons. The van der Waals surface area contributed by atoms with E-state index in [9.17, 15) is 4.79 Å². The number of carboxylic acid groups (broad SMARTS) is 1. The average molecular weight is 265 g/mol. The van der Waals surface area contributed by atoms with E-state index < -0.39 is 5.97 Å². The number of aliphatic carboxylic acids is 1. The standard InChI is InChI=1S/C15H23NO3/c1-11(2)19-14-6-4-13(5-7-14)8-9-16-10-12(3)15(17)18/h4-7,11-12,16H,8-10H2,1-3H3,(H,17,18). The molecule has 1 aromatic rings. The zero-order chi connectivity index (χ0) is 14.3. The number of rotatable bonds is 8. The van der Waals surface area contributed by atoms with Crippen LogP contribution in [-0.4, -0.2) is 30.3 Å². The number of benzene rings is 1. The van der Waals surface area contributed by atoms with Crippen molar-refractivity contribution in [3.8, 4) is 5.75 Å². The van der Waals surface area contributed by atoms with E-state index in [1.807, 2.05) is 38.1 Å². The zero-order valence-corrected chi connectivity index (χ0v) is 11.8. The number of carboxylic acids is 1. The molecule has 0 aliphatic heterocycles. The lowest BCUT2D eigenvalue weighted by molar-refractivity contribution is -0.140. The first-order valence-electron chi connectivity index (χ1n) is 6.68. The lowest BCUT2D eigenvalue weighted by Gasteiger charge is -2.11. The molecular weight excluding hydrogens is 242 g/mol. The van der Waals surface area contributed by atoms with E-state index in [1.54, 1.807) is 6.92 Å². The SMILES string of the molecule is CC(C)Oc1ccc(CCNCC(C)C(=O)O)cc1. The van der Waals surface area contributed by atoms with Gasteiger partial charge in [-0.25, -0.2) is 0 Å². The molecule has 1 unspecified atom stereocenters. The number of hydrogen-bond acceptors (Lipinski definition) is 3. The molecule has 0 aliphatic carbocycles. The van der Waals surface area contributed by atoms with Crippen LogP contribution >= 0.6 is 0 Å². The number of ether oxygens (including phenoxy) is 1. The molecule has 0 bridgehead atoms. The van der Waals surface area contributed by atoms with Crippen molar-refractivity contribution in [2.24, 2.45) is 5.92 Å². The van der Waals surface area contributed by atoms with Crippen LogP contribution in [0.4, 0.5) is 0 Å². The van der Waals surface area contributed by atoms with Crippen LogP contribution in [0.3, 0.4) is 0 Å². The van der Waals surface area contributed by atoms with Gasteiger partial charge in [0, 0.05) is 6.54 Å². The molecule has 4 nitrogen and oxygen atoms in total. The molecule has 0 aromatic heterocycles. The molecule has 0 fully saturated rings. The maximum Gasteiger partial charge on any atom is 0.307 e. The topological polar surface area (TPSA) is 58.6 Å². The predicted octanol–water partition coefficient (Wildman–Crippen LogP) is 2.33. The van der Waals surface area contributed by atoms with E-state index in [1.165, 1.54) is 5.56 Å². The summed E-state index contributed by atoms with van der Waals surface area (Å²) in [7, 11) is 0. The average Bonchev–Trinajstić information content (AvgIpc) is 2.35. The maximum absolute atomic E-state index is 10.6. The van der Waals surface area contributed by atoms with Crippen molar-refractivity contribution in [1.29, 1.82) is 0 Å². The molecule has 0 spiro atoms. The van der Waals surface area contributed by atoms with Crippen molar-refractivity contribution in [1.82, 2.24) is 5.32 Å². The van der Waals surface area contributed by atoms with E-state index in [2.05, 4.69) is 5.32 Å². The lowest BCUT2D eigenvalue weighted by atomic mass is 10.1. The Morgan fingerprint density at radius 3 is 2.42 bits per heavy atom. The fourth-order valence-corrected chi connectivity index (χ4v) is 1.65. The van der Waals surface area contributed by atoms with Gasteiger partial charge in [-0.05, 0) is 44.5 Å². The molecular formula is C15H23NO3. The summed E-state index contributed by atoms with van der Waals surface area (Å²) in [6.07, 6.45) is 1.07. The third-order valence-corrected chi connectivity index (χ3v) is 2.76. The van der Waals surface area contributed by atoms with Crippen LogP contribution < -0.4 is 10.1 Å². The third-order valence-electron chi connectivity index (χ3n) is 2.76. The van der Waals surface area contributed by atoms with Gasteiger partial charge in [0.2, 0.25) is 0 Å². The molecule has 1 atom stereocenters. The van der Waals surface area contributed by atoms with Crippen molar-refractivity contribution in [2.45, 2.75) is 33.3 Å². The van der Waals surface area contributed by atoms with Gasteiger partial charge in [-0.1, -0.05) is 19.1 Å². The van der Waals surface area contributed by atoms with Crippen LogP contribution in [0.25, 0.3) is 0 Å². The van der Waals surface area contributed by atoms with E-state index in [0.717, 1.165) is 18.7 Å². The van der Waals surface area contributed by atoms with Gasteiger partial charge in [0.15, 0.2) is 0 Å². The molecule has 0 amide bonds. The van der Waals surface area contributed by atoms with E-state index in [0.29, 0.717) is 6.54 Å². The molecule has 0 aliphatic rings. The summed E-state index contributed by atoms with van der Waals surface area (Å²) in [5.41, 5.74) is 1.21. The summed E-state index contributed by atoms with van der Waals surface area (Å²) in [6.45, 7) is 6.99. The van der Waals surface area contributed by atoms with E-state index in [-0.39, 0.29) is 12.0 Å². The molecule has 19 heavy (non-hydrogen) atoms. The zero-order valence-electron chi connectivity index (χ0n) is 11.8. The molecule has 4 heteroatoms. The first-order chi connectivity index (χ1) is 8.99. The number of nitrogens with one attached hydrogen (secondary N) is 1. The highest BCUT2D eigenvalue weighted by atomic mass is 16.5. The van der Waals surface area contributed by atoms with Gasteiger partial charge >= 0.3 is 5.97 Å². The molecule has 1 rings (SSSR count). The Bertz CT molecular complexity index is 387. The summed E-state index contributed by atoms with van der Waals surface area (Å²) in [5, 5.41) is 11.9. The lowest BCUT2D eigenvalue weighted by Crippen LogP contribution is -2.27. The second-order valence-corrected chi connectivity index (χ2v) is 5.00. The minimum atomic E-state index is -0.761. The molecule has 106 valence electrons. The van der Waals surface area contributed by atoms with Gasteiger partial charge in [0.1, 0.15) is 5.75 Å². The van der Waals surface area contributed by atoms with E-state index >= 15 is 0 Å². The third kappa shape index (κ3) is 6.25. The van der Waals surface area contributed by atoms with Gasteiger partial charge in [-0.15, -0.1) is 0 Å². The van der Waals surface area contributed by atoms with Gasteiger partial charge in [0.25, 0.3) is 0 Å². The minimum absolute atomic E-state index is 0.185. The largest absolute Gasteiger partial charge is 0.491 e. The fraction of sp³-hybridized carbons (Fsp3) is 0.533. The molecule has 0 saturated carbocycles. The Morgan fingerprint density at radius 1 is 1.26 bits per heavy atom. The Balaban J connectivity index is 2.28. The molecule has 1 aromatic carbocycles. The smallest absolute Gasteiger partial charge is 0.307 e. The number of carbonyl (C=O) groups is 1. The Hall–Kier alpha value is -1.55. The predicted molar refractivity (Wildman–Crippen MR) is 75.6 cm³/mol. The first kappa shape index (κ1) is 15.5. The Labute approximate surface area is 114 Å². The van der Waals surface area contributed by atoms with Crippen molar-refractivity contribution in [3.05, 3.63) is 29.8 Å².